The first-order valence-electron chi connectivity index (χ1n) is 8.18. The number of nitrogens with zero attached hydrogens (tertiary/aromatic N) is 2. The maximum absolute atomic E-state index is 12.4. The highest BCUT2D eigenvalue weighted by Gasteiger charge is 2.32. The predicted octanol–water partition coefficient (Wildman–Crippen LogP) is 2.19. The summed E-state index contributed by atoms with van der Waals surface area (Å²) in [6.07, 6.45) is 1.84. The third kappa shape index (κ3) is 3.15. The average Bonchev–Trinajstić information content (AvgIpc) is 2.93. The van der Waals surface area contributed by atoms with E-state index >= 15 is 0 Å². The molecule has 4 rings (SSSR count). The lowest BCUT2D eigenvalue weighted by molar-refractivity contribution is -0.140. The van der Waals surface area contributed by atoms with Gasteiger partial charge in [-0.2, -0.15) is 0 Å². The Balaban J connectivity index is 1.35. The molecule has 0 saturated carbocycles. The number of carbonyl (C=O) groups is 1. The molecule has 3 aromatic rings. The molecule has 0 atom stereocenters. The van der Waals surface area contributed by atoms with E-state index in [1.54, 1.807) is 17.9 Å². The molecule has 0 radical (unpaired) electrons. The lowest BCUT2D eigenvalue weighted by Crippen LogP contribution is -2.56. The molecule has 6 nitrogen and oxygen atoms in total. The SMILES string of the molecule is Cc1cc(OC2CN(C(=O)Cn3ccc4ccccc43)C2)cc(=O)o1. The van der Waals surface area contributed by atoms with Crippen molar-refractivity contribution in [2.75, 3.05) is 13.1 Å². The lowest BCUT2D eigenvalue weighted by atomic mass is 10.1. The highest BCUT2D eigenvalue weighted by atomic mass is 16.5. The lowest BCUT2D eigenvalue weighted by Gasteiger charge is -2.39. The van der Waals surface area contributed by atoms with Crippen molar-refractivity contribution in [3.05, 3.63) is 64.8 Å². The summed E-state index contributed by atoms with van der Waals surface area (Å²) in [5.41, 5.74) is 0.623. The molecule has 1 aliphatic heterocycles. The first-order chi connectivity index (χ1) is 12.1. The molecule has 0 N–H and O–H groups in total. The Morgan fingerprint density at radius 1 is 1.24 bits per heavy atom. The number of hydrogen-bond acceptors (Lipinski definition) is 4. The van der Waals surface area contributed by atoms with Gasteiger partial charge < -0.3 is 18.6 Å². The third-order valence-corrected chi connectivity index (χ3v) is 4.36. The summed E-state index contributed by atoms with van der Waals surface area (Å²) < 4.78 is 12.6. The molecule has 0 spiro atoms. The number of hydrogen-bond donors (Lipinski definition) is 0. The Morgan fingerprint density at radius 3 is 2.84 bits per heavy atom. The minimum atomic E-state index is -0.429. The van der Waals surface area contributed by atoms with Crippen LogP contribution >= 0.6 is 0 Å². The van der Waals surface area contributed by atoms with Crippen LogP contribution in [0.1, 0.15) is 5.76 Å². The number of likely N-dealkylation sites (tertiary alicyclic amines) is 1. The zero-order chi connectivity index (χ0) is 17.4. The molecule has 1 fully saturated rings. The number of para-hydroxylation sites is 1. The Kier molecular flexibility index (Phi) is 3.80. The minimum absolute atomic E-state index is 0.0601. The van der Waals surface area contributed by atoms with Crippen LogP contribution in [0.3, 0.4) is 0 Å². The van der Waals surface area contributed by atoms with E-state index in [0.29, 0.717) is 31.1 Å². The van der Waals surface area contributed by atoms with Crippen LogP contribution in [-0.2, 0) is 11.3 Å². The standard InChI is InChI=1S/C19H18N2O4/c1-13-8-15(9-19(23)24-13)25-16-10-21(11-16)18(22)12-20-7-6-14-4-2-3-5-17(14)20/h2-9,16H,10-12H2,1H3. The van der Waals surface area contributed by atoms with Gasteiger partial charge in [-0.25, -0.2) is 4.79 Å². The van der Waals surface area contributed by atoms with Gasteiger partial charge in [0.25, 0.3) is 0 Å². The molecule has 128 valence electrons. The van der Waals surface area contributed by atoms with E-state index in [1.807, 2.05) is 41.1 Å². The second-order valence-electron chi connectivity index (χ2n) is 6.26. The number of benzene rings is 1. The molecule has 1 saturated heterocycles. The minimum Gasteiger partial charge on any atom is -0.486 e. The maximum Gasteiger partial charge on any atom is 0.339 e. The summed E-state index contributed by atoms with van der Waals surface area (Å²) in [7, 11) is 0. The second-order valence-corrected chi connectivity index (χ2v) is 6.26. The van der Waals surface area contributed by atoms with Crippen molar-refractivity contribution in [2.45, 2.75) is 19.6 Å². The van der Waals surface area contributed by atoms with Gasteiger partial charge in [0.15, 0.2) is 0 Å². The van der Waals surface area contributed by atoms with Gasteiger partial charge >= 0.3 is 5.63 Å². The topological polar surface area (TPSA) is 64.7 Å². The fourth-order valence-corrected chi connectivity index (χ4v) is 3.08. The molecule has 25 heavy (non-hydrogen) atoms. The number of amides is 1. The summed E-state index contributed by atoms with van der Waals surface area (Å²) >= 11 is 0. The van der Waals surface area contributed by atoms with Crippen LogP contribution < -0.4 is 10.4 Å². The smallest absolute Gasteiger partial charge is 0.339 e. The largest absolute Gasteiger partial charge is 0.486 e. The van der Waals surface area contributed by atoms with Gasteiger partial charge in [-0.05, 0) is 24.4 Å². The van der Waals surface area contributed by atoms with Gasteiger partial charge in [0.05, 0.1) is 19.2 Å². The van der Waals surface area contributed by atoms with E-state index in [0.717, 1.165) is 10.9 Å². The summed E-state index contributed by atoms with van der Waals surface area (Å²) in [5, 5.41) is 1.12. The fraction of sp³-hybridized carbons (Fsp3) is 0.263. The summed E-state index contributed by atoms with van der Waals surface area (Å²) in [6, 6.07) is 13.0. The highest BCUT2D eigenvalue weighted by Crippen LogP contribution is 2.19. The molecule has 6 heteroatoms. The molecule has 1 amide bonds. The second kappa shape index (κ2) is 6.12. The number of aromatic nitrogens is 1. The van der Waals surface area contributed by atoms with Crippen LogP contribution in [0, 0.1) is 6.92 Å². The van der Waals surface area contributed by atoms with Crippen molar-refractivity contribution in [3.63, 3.8) is 0 Å². The van der Waals surface area contributed by atoms with Crippen molar-refractivity contribution in [1.82, 2.24) is 9.47 Å². The molecule has 1 aromatic carbocycles. The Hall–Kier alpha value is -3.02. The number of ether oxygens (including phenoxy) is 1. The first kappa shape index (κ1) is 15.5. The molecule has 0 bridgehead atoms. The number of aryl methyl sites for hydroxylation is 1. The van der Waals surface area contributed by atoms with Crippen LogP contribution in [0.25, 0.3) is 10.9 Å². The van der Waals surface area contributed by atoms with Crippen LogP contribution in [-0.4, -0.2) is 34.6 Å². The Bertz CT molecular complexity index is 982. The molecular weight excluding hydrogens is 320 g/mol. The number of rotatable bonds is 4. The zero-order valence-corrected chi connectivity index (χ0v) is 13.8. The van der Waals surface area contributed by atoms with E-state index < -0.39 is 5.63 Å². The Labute approximate surface area is 144 Å². The van der Waals surface area contributed by atoms with E-state index in [1.165, 1.54) is 6.07 Å². The first-order valence-corrected chi connectivity index (χ1v) is 8.18. The van der Waals surface area contributed by atoms with Crippen LogP contribution in [0.5, 0.6) is 5.75 Å². The van der Waals surface area contributed by atoms with Crippen LogP contribution in [0.4, 0.5) is 0 Å². The van der Waals surface area contributed by atoms with Crippen molar-refractivity contribution in [2.24, 2.45) is 0 Å². The average molecular weight is 338 g/mol. The Morgan fingerprint density at radius 2 is 2.04 bits per heavy atom. The predicted molar refractivity (Wildman–Crippen MR) is 92.6 cm³/mol. The summed E-state index contributed by atoms with van der Waals surface area (Å²) in [4.78, 5) is 25.5. The fourth-order valence-electron chi connectivity index (χ4n) is 3.08. The van der Waals surface area contributed by atoms with E-state index in [9.17, 15) is 9.59 Å². The van der Waals surface area contributed by atoms with Gasteiger partial charge in [0.2, 0.25) is 5.91 Å². The molecule has 0 unspecified atom stereocenters. The third-order valence-electron chi connectivity index (χ3n) is 4.36. The van der Waals surface area contributed by atoms with Crippen molar-refractivity contribution in [1.29, 1.82) is 0 Å². The zero-order valence-electron chi connectivity index (χ0n) is 13.8. The van der Waals surface area contributed by atoms with Crippen molar-refractivity contribution < 1.29 is 13.9 Å². The molecular formula is C19H18N2O4. The molecule has 0 aliphatic carbocycles. The van der Waals surface area contributed by atoms with Crippen molar-refractivity contribution in [3.8, 4) is 5.75 Å². The van der Waals surface area contributed by atoms with E-state index in [-0.39, 0.29) is 12.0 Å². The maximum atomic E-state index is 12.4. The highest BCUT2D eigenvalue weighted by molar-refractivity contribution is 5.83. The monoisotopic (exact) mass is 338 g/mol. The van der Waals surface area contributed by atoms with E-state index in [2.05, 4.69) is 0 Å². The van der Waals surface area contributed by atoms with Gasteiger partial charge in [0.1, 0.15) is 24.2 Å². The quantitative estimate of drug-likeness (QED) is 0.731. The van der Waals surface area contributed by atoms with Crippen molar-refractivity contribution >= 4 is 16.8 Å². The normalized spacial score (nSPS) is 14.5. The van der Waals surface area contributed by atoms with Gasteiger partial charge in [-0.3, -0.25) is 4.79 Å². The number of carbonyl (C=O) groups excluding carboxylic acids is 1. The van der Waals surface area contributed by atoms with Gasteiger partial charge in [-0.15, -0.1) is 0 Å². The molecule has 3 heterocycles. The number of fused-ring (bicyclic) bond motifs is 1. The molecule has 2 aromatic heterocycles. The van der Waals surface area contributed by atoms with Gasteiger partial charge in [0, 0.05) is 17.8 Å². The molecule has 1 aliphatic rings. The van der Waals surface area contributed by atoms with Crippen LogP contribution in [0.15, 0.2) is 57.9 Å². The van der Waals surface area contributed by atoms with E-state index in [4.69, 9.17) is 9.15 Å². The van der Waals surface area contributed by atoms with Crippen LogP contribution in [0.2, 0.25) is 0 Å². The summed E-state index contributed by atoms with van der Waals surface area (Å²) in [5.74, 6) is 1.06. The van der Waals surface area contributed by atoms with Gasteiger partial charge in [-0.1, -0.05) is 18.2 Å². The summed E-state index contributed by atoms with van der Waals surface area (Å²) in [6.45, 7) is 3.06.